The van der Waals surface area contributed by atoms with Crippen molar-refractivity contribution in [1.82, 2.24) is 4.98 Å². The number of phenols is 1. The van der Waals surface area contributed by atoms with Crippen molar-refractivity contribution in [3.05, 3.63) is 70.7 Å². The van der Waals surface area contributed by atoms with Gasteiger partial charge in [0.25, 0.3) is 0 Å². The van der Waals surface area contributed by atoms with Crippen molar-refractivity contribution < 1.29 is 80.3 Å². The molecule has 0 unspecified atom stereocenters. The summed E-state index contributed by atoms with van der Waals surface area (Å²) in [6, 6.07) is 8.41. The van der Waals surface area contributed by atoms with Gasteiger partial charge < -0.3 is 19.7 Å². The number of carboxylic acid groups (broad SMARTS) is 1. The van der Waals surface area contributed by atoms with Crippen molar-refractivity contribution in [1.29, 1.82) is 0 Å². The quantitative estimate of drug-likeness (QED) is 0.443. The number of benzene rings is 2. The van der Waals surface area contributed by atoms with Crippen LogP contribution in [0.4, 0.5) is 4.39 Å². The molecule has 1 N–H and O–H groups in total. The van der Waals surface area contributed by atoms with Crippen LogP contribution in [0.1, 0.15) is 31.8 Å². The van der Waals surface area contributed by atoms with Crippen molar-refractivity contribution in [3.63, 3.8) is 0 Å². The molecule has 1 aromatic heterocycles. The summed E-state index contributed by atoms with van der Waals surface area (Å²) >= 11 is 0. The summed E-state index contributed by atoms with van der Waals surface area (Å²) in [6.45, 7) is 0. The maximum Gasteiger partial charge on any atom is 1.00 e. The van der Waals surface area contributed by atoms with E-state index in [4.69, 9.17) is 0 Å². The summed E-state index contributed by atoms with van der Waals surface area (Å²) in [5.74, 6) is -3.22. The minimum Gasteiger partial charge on any atom is -0.545 e. The Morgan fingerprint density at radius 3 is 2.41 bits per heavy atom. The first-order valence-corrected chi connectivity index (χ1v) is 7.59. The summed E-state index contributed by atoms with van der Waals surface area (Å²) in [6.07, 6.45) is 1.83. The molecule has 1 heterocycles. The summed E-state index contributed by atoms with van der Waals surface area (Å²) in [7, 11) is 1.11. The monoisotopic (exact) mass is 393 g/mol. The third-order valence-corrected chi connectivity index (χ3v) is 3.95. The molecule has 8 heteroatoms. The van der Waals surface area contributed by atoms with Gasteiger partial charge in [0.05, 0.1) is 13.1 Å². The minimum atomic E-state index is -1.51. The summed E-state index contributed by atoms with van der Waals surface area (Å²) in [4.78, 5) is 27.3. The molecule has 3 aromatic rings. The number of rotatable bonds is 4. The van der Waals surface area contributed by atoms with E-state index in [1.165, 1.54) is 24.4 Å². The average Bonchev–Trinajstić information content (AvgIpc) is 2.63. The third kappa shape index (κ3) is 4.53. The van der Waals surface area contributed by atoms with Crippen molar-refractivity contribution in [3.8, 4) is 5.75 Å². The second kappa shape index (κ2) is 8.90. The Balaban J connectivity index is 0.00000261. The molecule has 0 bridgehead atoms. The first kappa shape index (κ1) is 21.5. The van der Waals surface area contributed by atoms with Crippen LogP contribution in [0.2, 0.25) is 0 Å². The maximum atomic E-state index is 13.0. The van der Waals surface area contributed by atoms with Gasteiger partial charge in [-0.2, -0.15) is 0 Å². The van der Waals surface area contributed by atoms with Crippen LogP contribution in [-0.4, -0.2) is 29.1 Å². The summed E-state index contributed by atoms with van der Waals surface area (Å²) < 4.78 is 17.5. The van der Waals surface area contributed by atoms with E-state index in [2.05, 4.69) is 9.72 Å². The minimum absolute atomic E-state index is 0. The fraction of sp³-hybridized carbons (Fsp3) is 0.105. The van der Waals surface area contributed by atoms with Gasteiger partial charge in [0.15, 0.2) is 5.75 Å². The van der Waals surface area contributed by atoms with Crippen molar-refractivity contribution >= 4 is 22.8 Å². The Kier molecular flexibility index (Phi) is 7.07. The number of esters is 1. The number of ether oxygens (including phenoxy) is 1. The molecular formula is C19H13FKNO5. The van der Waals surface area contributed by atoms with Gasteiger partial charge in [-0.1, -0.05) is 12.1 Å². The van der Waals surface area contributed by atoms with E-state index in [0.717, 1.165) is 18.7 Å². The Morgan fingerprint density at radius 1 is 1.15 bits per heavy atom. The van der Waals surface area contributed by atoms with Crippen LogP contribution >= 0.6 is 0 Å². The number of aromatic carboxylic acids is 1. The van der Waals surface area contributed by atoms with Crippen LogP contribution < -0.4 is 56.5 Å². The predicted molar refractivity (Wildman–Crippen MR) is 88.3 cm³/mol. The fourth-order valence-corrected chi connectivity index (χ4v) is 2.69. The van der Waals surface area contributed by atoms with Gasteiger partial charge >= 0.3 is 57.4 Å². The van der Waals surface area contributed by atoms with E-state index in [0.29, 0.717) is 12.0 Å². The second-order valence-electron chi connectivity index (χ2n) is 5.64. The summed E-state index contributed by atoms with van der Waals surface area (Å²) in [5.41, 5.74) is 0.814. The number of aromatic nitrogens is 1. The Morgan fingerprint density at radius 2 is 1.81 bits per heavy atom. The zero-order valence-corrected chi connectivity index (χ0v) is 17.8. The number of carbonyl (C=O) groups is 2. The number of nitrogens with zero attached hydrogens (tertiary/aromatic N) is 1. The molecule has 0 aliphatic carbocycles. The maximum absolute atomic E-state index is 13.0. The van der Waals surface area contributed by atoms with Gasteiger partial charge in [-0.05, 0) is 41.8 Å². The molecule has 0 atom stereocenters. The second-order valence-corrected chi connectivity index (χ2v) is 5.64. The SMILES string of the molecule is COC(=O)c1cc(C(=O)[O-])c2cc(Cc3ccc(F)cc3)cnc2c1O.[K+]. The molecule has 0 radical (unpaired) electrons. The van der Waals surface area contributed by atoms with E-state index < -0.39 is 17.7 Å². The first-order valence-electron chi connectivity index (χ1n) is 7.59. The molecule has 0 aliphatic rings. The Bertz CT molecular complexity index is 1020. The summed E-state index contributed by atoms with van der Waals surface area (Å²) in [5, 5.41) is 21.9. The van der Waals surface area contributed by atoms with Crippen molar-refractivity contribution in [2.24, 2.45) is 0 Å². The number of hydrogen-bond donors (Lipinski definition) is 1. The zero-order chi connectivity index (χ0) is 18.8. The van der Waals surface area contributed by atoms with Crippen LogP contribution in [-0.2, 0) is 11.2 Å². The molecule has 6 nitrogen and oxygen atoms in total. The topological polar surface area (TPSA) is 99.6 Å². The predicted octanol–water partition coefficient (Wildman–Crippen LogP) is -1.18. The number of phenolic OH excluding ortho intramolecular Hbond substituents is 1. The molecule has 27 heavy (non-hydrogen) atoms. The molecule has 0 fully saturated rings. The smallest absolute Gasteiger partial charge is 0.545 e. The molecule has 3 rings (SSSR count). The number of carbonyl (C=O) groups excluding carboxylic acids is 2. The molecule has 132 valence electrons. The third-order valence-electron chi connectivity index (χ3n) is 3.95. The van der Waals surface area contributed by atoms with E-state index in [1.54, 1.807) is 12.1 Å². The molecule has 0 spiro atoms. The first-order chi connectivity index (χ1) is 12.4. The van der Waals surface area contributed by atoms with Crippen LogP contribution in [0.5, 0.6) is 5.75 Å². The number of carboxylic acids is 1. The number of methoxy groups -OCH3 is 1. The number of halogens is 1. The van der Waals surface area contributed by atoms with Gasteiger partial charge in [-0.3, -0.25) is 4.98 Å². The Labute approximate surface area is 196 Å². The normalized spacial score (nSPS) is 10.3. The van der Waals surface area contributed by atoms with Gasteiger partial charge in [-0.15, -0.1) is 0 Å². The van der Waals surface area contributed by atoms with E-state index in [-0.39, 0.29) is 79.2 Å². The van der Waals surface area contributed by atoms with Crippen LogP contribution in [0.15, 0.2) is 42.6 Å². The van der Waals surface area contributed by atoms with E-state index in [1.807, 2.05) is 0 Å². The molecule has 0 saturated carbocycles. The number of fused-ring (bicyclic) bond motifs is 1. The molecule has 0 amide bonds. The van der Waals surface area contributed by atoms with Gasteiger partial charge in [0.1, 0.15) is 16.9 Å². The zero-order valence-electron chi connectivity index (χ0n) is 14.7. The van der Waals surface area contributed by atoms with E-state index in [9.17, 15) is 24.2 Å². The van der Waals surface area contributed by atoms with Crippen LogP contribution in [0.3, 0.4) is 0 Å². The average molecular weight is 393 g/mol. The standard InChI is InChI=1S/C19H14FNO5.K/c1-26-19(25)15-8-14(18(23)24)13-7-11(9-21-16(13)17(15)22)6-10-2-4-12(20)5-3-10;/h2-5,7-9,22H,6H2,1H3,(H,23,24);/q;+1/p-1. The number of aromatic hydroxyl groups is 1. The van der Waals surface area contributed by atoms with E-state index >= 15 is 0 Å². The van der Waals surface area contributed by atoms with Gasteiger partial charge in [-0.25, -0.2) is 9.18 Å². The van der Waals surface area contributed by atoms with Crippen LogP contribution in [0, 0.1) is 5.82 Å². The van der Waals surface area contributed by atoms with Crippen molar-refractivity contribution in [2.45, 2.75) is 6.42 Å². The van der Waals surface area contributed by atoms with Gasteiger partial charge in [0, 0.05) is 17.1 Å². The molecule has 2 aromatic carbocycles. The number of hydrogen-bond acceptors (Lipinski definition) is 6. The molecule has 0 aliphatic heterocycles. The van der Waals surface area contributed by atoms with Gasteiger partial charge in [0.2, 0.25) is 0 Å². The molecular weight excluding hydrogens is 380 g/mol. The number of pyridine rings is 1. The largest absolute Gasteiger partial charge is 1.00 e. The van der Waals surface area contributed by atoms with Crippen LogP contribution in [0.25, 0.3) is 10.9 Å². The Hall–Kier alpha value is -1.84. The molecule has 0 saturated heterocycles. The fourth-order valence-electron chi connectivity index (χ4n) is 2.69. The van der Waals surface area contributed by atoms with Crippen molar-refractivity contribution in [2.75, 3.05) is 7.11 Å².